The zero-order valence-corrected chi connectivity index (χ0v) is 16.4. The Kier molecular flexibility index (Phi) is 6.08. The monoisotopic (exact) mass is 382 g/mol. The van der Waals surface area contributed by atoms with E-state index in [1.54, 1.807) is 12.1 Å². The standard InChI is InChI=1S/C19H22N6OS/c1-4-5-6-16-24-25-19(27-16)23-17(26)14-7-9-15(10-8-14)22-18-20-12(2)11-13(3)21-18/h7-11H,4-6H2,1-3H3,(H,20,21,22)(H,23,25,26). The van der Waals surface area contributed by atoms with Gasteiger partial charge in [-0.3, -0.25) is 10.1 Å². The Morgan fingerprint density at radius 1 is 1.07 bits per heavy atom. The van der Waals surface area contributed by atoms with Crippen LogP contribution in [-0.4, -0.2) is 26.1 Å². The number of carbonyl (C=O) groups is 1. The number of nitrogens with zero attached hydrogens (tertiary/aromatic N) is 4. The molecule has 2 heterocycles. The third-order valence-electron chi connectivity index (χ3n) is 3.82. The first-order valence-corrected chi connectivity index (χ1v) is 9.68. The summed E-state index contributed by atoms with van der Waals surface area (Å²) in [7, 11) is 0. The van der Waals surface area contributed by atoms with Crippen molar-refractivity contribution in [3.63, 3.8) is 0 Å². The number of rotatable bonds is 7. The Balaban J connectivity index is 1.62. The topological polar surface area (TPSA) is 92.7 Å². The molecule has 0 fully saturated rings. The number of amides is 1. The van der Waals surface area contributed by atoms with Crippen molar-refractivity contribution in [3.05, 3.63) is 52.3 Å². The van der Waals surface area contributed by atoms with Gasteiger partial charge in [-0.2, -0.15) is 0 Å². The van der Waals surface area contributed by atoms with Gasteiger partial charge in [0.05, 0.1) is 0 Å². The van der Waals surface area contributed by atoms with E-state index in [1.165, 1.54) is 11.3 Å². The fourth-order valence-electron chi connectivity index (χ4n) is 2.52. The fourth-order valence-corrected chi connectivity index (χ4v) is 3.29. The Hall–Kier alpha value is -2.87. The molecule has 0 aliphatic rings. The summed E-state index contributed by atoms with van der Waals surface area (Å²) in [5, 5.41) is 15.6. The predicted molar refractivity (Wildman–Crippen MR) is 108 cm³/mol. The molecule has 140 valence electrons. The van der Waals surface area contributed by atoms with Crippen molar-refractivity contribution in [1.29, 1.82) is 0 Å². The first-order chi connectivity index (χ1) is 13.0. The van der Waals surface area contributed by atoms with Gasteiger partial charge in [0.1, 0.15) is 5.01 Å². The van der Waals surface area contributed by atoms with Crippen LogP contribution in [0, 0.1) is 13.8 Å². The van der Waals surface area contributed by atoms with Gasteiger partial charge in [0.25, 0.3) is 5.91 Å². The van der Waals surface area contributed by atoms with E-state index in [2.05, 4.69) is 37.7 Å². The third-order valence-corrected chi connectivity index (χ3v) is 4.72. The summed E-state index contributed by atoms with van der Waals surface area (Å²) in [5.74, 6) is 0.334. The summed E-state index contributed by atoms with van der Waals surface area (Å²) < 4.78 is 0. The molecular weight excluding hydrogens is 360 g/mol. The SMILES string of the molecule is CCCCc1nnc(NC(=O)c2ccc(Nc3nc(C)cc(C)n3)cc2)s1. The summed E-state index contributed by atoms with van der Waals surface area (Å²) in [6, 6.07) is 9.06. The maximum absolute atomic E-state index is 12.4. The minimum atomic E-state index is -0.206. The van der Waals surface area contributed by atoms with Gasteiger partial charge in [0.2, 0.25) is 11.1 Å². The second-order valence-corrected chi connectivity index (χ2v) is 7.30. The minimum Gasteiger partial charge on any atom is -0.324 e. The molecule has 0 aliphatic carbocycles. The number of anilines is 3. The number of hydrogen-bond donors (Lipinski definition) is 2. The minimum absolute atomic E-state index is 0.206. The number of benzene rings is 1. The highest BCUT2D eigenvalue weighted by atomic mass is 32.1. The van der Waals surface area contributed by atoms with Crippen LogP contribution < -0.4 is 10.6 Å². The molecule has 1 aromatic carbocycles. The summed E-state index contributed by atoms with van der Waals surface area (Å²) in [6.45, 7) is 5.98. The molecule has 0 spiro atoms. The second kappa shape index (κ2) is 8.68. The van der Waals surface area contributed by atoms with Crippen LogP contribution in [-0.2, 0) is 6.42 Å². The van der Waals surface area contributed by atoms with Gasteiger partial charge in [-0.1, -0.05) is 24.7 Å². The molecule has 2 aromatic heterocycles. The summed E-state index contributed by atoms with van der Waals surface area (Å²) in [4.78, 5) is 21.1. The molecule has 3 aromatic rings. The lowest BCUT2D eigenvalue weighted by molar-refractivity contribution is 0.102. The van der Waals surface area contributed by atoms with E-state index in [4.69, 9.17) is 0 Å². The van der Waals surface area contributed by atoms with Gasteiger partial charge in [-0.25, -0.2) is 9.97 Å². The molecule has 2 N–H and O–H groups in total. The van der Waals surface area contributed by atoms with Crippen molar-refractivity contribution < 1.29 is 4.79 Å². The largest absolute Gasteiger partial charge is 0.324 e. The molecular formula is C19H22N6OS. The normalized spacial score (nSPS) is 10.6. The number of aromatic nitrogens is 4. The number of carbonyl (C=O) groups excluding carboxylic acids is 1. The second-order valence-electron chi connectivity index (χ2n) is 6.24. The molecule has 7 nitrogen and oxygen atoms in total. The quantitative estimate of drug-likeness (QED) is 0.633. The van der Waals surface area contributed by atoms with E-state index in [9.17, 15) is 4.79 Å². The van der Waals surface area contributed by atoms with Crippen molar-refractivity contribution in [2.75, 3.05) is 10.6 Å². The van der Waals surface area contributed by atoms with Crippen LogP contribution in [0.1, 0.15) is 46.5 Å². The highest BCUT2D eigenvalue weighted by Crippen LogP contribution is 2.19. The molecule has 0 aliphatic heterocycles. The maximum atomic E-state index is 12.4. The van der Waals surface area contributed by atoms with Crippen LogP contribution in [0.15, 0.2) is 30.3 Å². The van der Waals surface area contributed by atoms with Gasteiger partial charge in [0, 0.05) is 29.1 Å². The summed E-state index contributed by atoms with van der Waals surface area (Å²) in [6.07, 6.45) is 3.07. The first-order valence-electron chi connectivity index (χ1n) is 8.86. The zero-order valence-electron chi connectivity index (χ0n) is 15.6. The molecule has 0 atom stereocenters. The Morgan fingerprint density at radius 2 is 1.78 bits per heavy atom. The van der Waals surface area contributed by atoms with Crippen LogP contribution in [0.3, 0.4) is 0 Å². The van der Waals surface area contributed by atoms with Crippen LogP contribution >= 0.6 is 11.3 Å². The van der Waals surface area contributed by atoms with E-state index in [1.807, 2.05) is 32.0 Å². The van der Waals surface area contributed by atoms with Gasteiger partial charge in [-0.15, -0.1) is 10.2 Å². The van der Waals surface area contributed by atoms with E-state index in [0.29, 0.717) is 16.6 Å². The molecule has 0 saturated carbocycles. The Morgan fingerprint density at radius 3 is 2.44 bits per heavy atom. The number of nitrogens with one attached hydrogen (secondary N) is 2. The van der Waals surface area contributed by atoms with Gasteiger partial charge >= 0.3 is 0 Å². The highest BCUT2D eigenvalue weighted by molar-refractivity contribution is 7.15. The van der Waals surface area contributed by atoms with E-state index in [0.717, 1.165) is 41.3 Å². The van der Waals surface area contributed by atoms with Crippen molar-refractivity contribution in [2.45, 2.75) is 40.0 Å². The average molecular weight is 382 g/mol. The van der Waals surface area contributed by atoms with Crippen molar-refractivity contribution >= 4 is 34.0 Å². The Labute approximate surface area is 162 Å². The van der Waals surface area contributed by atoms with Gasteiger partial charge in [0.15, 0.2) is 0 Å². The van der Waals surface area contributed by atoms with Crippen molar-refractivity contribution in [2.24, 2.45) is 0 Å². The predicted octanol–water partition coefficient (Wildman–Crippen LogP) is 4.28. The maximum Gasteiger partial charge on any atom is 0.257 e. The van der Waals surface area contributed by atoms with Crippen LogP contribution in [0.25, 0.3) is 0 Å². The fraction of sp³-hybridized carbons (Fsp3) is 0.316. The van der Waals surface area contributed by atoms with Crippen LogP contribution in [0.4, 0.5) is 16.8 Å². The molecule has 1 amide bonds. The highest BCUT2D eigenvalue weighted by Gasteiger charge is 2.10. The lowest BCUT2D eigenvalue weighted by atomic mass is 10.2. The lowest BCUT2D eigenvalue weighted by Crippen LogP contribution is -2.11. The number of aryl methyl sites for hydroxylation is 3. The third kappa shape index (κ3) is 5.30. The zero-order chi connectivity index (χ0) is 19.2. The van der Waals surface area contributed by atoms with Crippen LogP contribution in [0.5, 0.6) is 0 Å². The first kappa shape index (κ1) is 18.9. The molecule has 0 bridgehead atoms. The molecule has 8 heteroatoms. The van der Waals surface area contributed by atoms with Crippen molar-refractivity contribution in [1.82, 2.24) is 20.2 Å². The lowest BCUT2D eigenvalue weighted by Gasteiger charge is -2.07. The summed E-state index contributed by atoms with van der Waals surface area (Å²) >= 11 is 1.42. The molecule has 27 heavy (non-hydrogen) atoms. The average Bonchev–Trinajstić information content (AvgIpc) is 3.07. The number of hydrogen-bond acceptors (Lipinski definition) is 7. The summed E-state index contributed by atoms with van der Waals surface area (Å²) in [5.41, 5.74) is 3.16. The molecule has 0 unspecified atom stereocenters. The molecule has 0 radical (unpaired) electrons. The van der Waals surface area contributed by atoms with Crippen molar-refractivity contribution in [3.8, 4) is 0 Å². The smallest absolute Gasteiger partial charge is 0.257 e. The number of unbranched alkanes of at least 4 members (excludes halogenated alkanes) is 1. The van der Waals surface area contributed by atoms with Gasteiger partial charge < -0.3 is 5.32 Å². The Bertz CT molecular complexity index is 902. The van der Waals surface area contributed by atoms with E-state index < -0.39 is 0 Å². The van der Waals surface area contributed by atoms with E-state index >= 15 is 0 Å². The molecule has 0 saturated heterocycles. The van der Waals surface area contributed by atoms with Gasteiger partial charge in [-0.05, 0) is 50.6 Å². The molecule has 3 rings (SSSR count). The van der Waals surface area contributed by atoms with E-state index in [-0.39, 0.29) is 5.91 Å². The van der Waals surface area contributed by atoms with Crippen LogP contribution in [0.2, 0.25) is 0 Å².